The number of hydrogen-bond acceptors (Lipinski definition) is 2. The molecule has 1 aliphatic heterocycles. The van der Waals surface area contributed by atoms with Crippen LogP contribution in [0.15, 0.2) is 55.3 Å². The third-order valence-electron chi connectivity index (χ3n) is 1.77. The van der Waals surface area contributed by atoms with Crippen molar-refractivity contribution in [3.63, 3.8) is 0 Å². The molecule has 15 heavy (non-hydrogen) atoms. The van der Waals surface area contributed by atoms with E-state index >= 15 is 0 Å². The fraction of sp³-hybridized carbons (Fsp3) is 0.0769. The van der Waals surface area contributed by atoms with Crippen molar-refractivity contribution in [2.45, 2.75) is 0 Å². The summed E-state index contributed by atoms with van der Waals surface area (Å²) in [5, 5.41) is 9.04. The molecular weight excluding hydrogens is 188 g/mol. The molecule has 0 atom stereocenters. The Morgan fingerprint density at radius 3 is 2.40 bits per heavy atom. The van der Waals surface area contributed by atoms with Crippen molar-refractivity contribution in [3.05, 3.63) is 60.9 Å². The van der Waals surface area contributed by atoms with Crippen molar-refractivity contribution in [1.29, 1.82) is 0 Å². The summed E-state index contributed by atoms with van der Waals surface area (Å²) < 4.78 is 4.80. The van der Waals surface area contributed by atoms with Crippen LogP contribution in [0.3, 0.4) is 0 Å². The summed E-state index contributed by atoms with van der Waals surface area (Å²) in [6.07, 6.45) is 9.09. The maximum absolute atomic E-state index is 9.04. The minimum Gasteiger partial charge on any atom is -0.507 e. The maximum atomic E-state index is 9.04. The Kier molecular flexibility index (Phi) is 4.81. The van der Waals surface area contributed by atoms with E-state index in [-0.39, 0.29) is 5.75 Å². The number of ether oxygens (including phenoxy) is 1. The van der Waals surface area contributed by atoms with Gasteiger partial charge in [0.15, 0.2) is 0 Å². The van der Waals surface area contributed by atoms with E-state index in [0.717, 1.165) is 12.2 Å². The van der Waals surface area contributed by atoms with Crippen LogP contribution in [0.2, 0.25) is 0 Å². The first-order valence-corrected chi connectivity index (χ1v) is 4.68. The van der Waals surface area contributed by atoms with Gasteiger partial charge in [-0.05, 0) is 18.2 Å². The summed E-state index contributed by atoms with van der Waals surface area (Å²) in [6.45, 7) is 4.26. The van der Waals surface area contributed by atoms with E-state index in [2.05, 4.69) is 6.58 Å². The monoisotopic (exact) mass is 202 g/mol. The van der Waals surface area contributed by atoms with Gasteiger partial charge in [0.25, 0.3) is 0 Å². The molecule has 2 rings (SSSR count). The van der Waals surface area contributed by atoms with Gasteiger partial charge in [-0.25, -0.2) is 0 Å². The van der Waals surface area contributed by atoms with Gasteiger partial charge in [0.2, 0.25) is 0 Å². The van der Waals surface area contributed by atoms with Crippen molar-refractivity contribution in [2.75, 3.05) is 6.61 Å². The van der Waals surface area contributed by atoms with Gasteiger partial charge in [0.1, 0.15) is 12.4 Å². The molecule has 0 spiro atoms. The van der Waals surface area contributed by atoms with Crippen LogP contribution in [-0.2, 0) is 4.74 Å². The van der Waals surface area contributed by atoms with Gasteiger partial charge in [-0.3, -0.25) is 0 Å². The smallest absolute Gasteiger partial charge is 0.122 e. The Morgan fingerprint density at radius 2 is 2.07 bits per heavy atom. The fourth-order valence-electron chi connectivity index (χ4n) is 1.01. The highest BCUT2D eigenvalue weighted by molar-refractivity contribution is 5.54. The molecule has 2 heteroatoms. The molecule has 2 nitrogen and oxygen atoms in total. The minimum atomic E-state index is 0.285. The molecular formula is C13H14O2. The number of hydrogen-bond donors (Lipinski definition) is 1. The predicted molar refractivity (Wildman–Crippen MR) is 62.4 cm³/mol. The first kappa shape index (κ1) is 11.1. The molecule has 1 aromatic carbocycles. The Morgan fingerprint density at radius 1 is 1.27 bits per heavy atom. The molecule has 0 fully saturated rings. The lowest BCUT2D eigenvalue weighted by Gasteiger charge is -1.94. The lowest BCUT2D eigenvalue weighted by Crippen LogP contribution is -1.82. The van der Waals surface area contributed by atoms with Crippen molar-refractivity contribution < 1.29 is 9.84 Å². The second kappa shape index (κ2) is 6.49. The quantitative estimate of drug-likeness (QED) is 0.758. The normalized spacial score (nSPS) is 12.3. The van der Waals surface area contributed by atoms with Gasteiger partial charge < -0.3 is 9.84 Å². The highest BCUT2D eigenvalue weighted by atomic mass is 16.5. The van der Waals surface area contributed by atoms with Gasteiger partial charge in [-0.15, -0.1) is 0 Å². The molecule has 1 N–H and O–H groups in total. The molecule has 0 radical (unpaired) electrons. The van der Waals surface area contributed by atoms with Gasteiger partial charge in [0, 0.05) is 5.56 Å². The van der Waals surface area contributed by atoms with E-state index < -0.39 is 0 Å². The molecule has 0 saturated carbocycles. The zero-order valence-electron chi connectivity index (χ0n) is 8.47. The molecule has 0 bridgehead atoms. The van der Waals surface area contributed by atoms with Crippen LogP contribution >= 0.6 is 0 Å². The van der Waals surface area contributed by atoms with Crippen LogP contribution in [0, 0.1) is 0 Å². The highest BCUT2D eigenvalue weighted by Gasteiger charge is 1.89. The van der Waals surface area contributed by atoms with Gasteiger partial charge in [-0.1, -0.05) is 36.9 Å². The van der Waals surface area contributed by atoms with E-state index in [4.69, 9.17) is 9.84 Å². The number of para-hydroxylation sites is 1. The number of benzene rings is 1. The second-order valence-corrected chi connectivity index (χ2v) is 2.85. The summed E-state index contributed by atoms with van der Waals surface area (Å²) in [4.78, 5) is 0. The van der Waals surface area contributed by atoms with Crippen LogP contribution < -0.4 is 0 Å². The van der Waals surface area contributed by atoms with E-state index in [1.807, 2.05) is 30.4 Å². The average Bonchev–Trinajstić information content (AvgIpc) is 2.33. The molecule has 1 aliphatic rings. The Balaban J connectivity index is 0.000000162. The van der Waals surface area contributed by atoms with Crippen LogP contribution in [-0.4, -0.2) is 11.7 Å². The SMILES string of the molecule is C1=CCOC=C1.C=Cc1ccccc1O. The van der Waals surface area contributed by atoms with Crippen molar-refractivity contribution in [2.24, 2.45) is 0 Å². The van der Waals surface area contributed by atoms with Crippen LogP contribution in [0.4, 0.5) is 0 Å². The summed E-state index contributed by atoms with van der Waals surface area (Å²) in [7, 11) is 0. The molecule has 0 unspecified atom stereocenters. The largest absolute Gasteiger partial charge is 0.507 e. The van der Waals surface area contributed by atoms with Crippen LogP contribution in [0.25, 0.3) is 6.08 Å². The second-order valence-electron chi connectivity index (χ2n) is 2.85. The van der Waals surface area contributed by atoms with E-state index in [1.54, 1.807) is 24.5 Å². The lowest BCUT2D eigenvalue weighted by molar-refractivity contribution is 0.286. The number of rotatable bonds is 1. The molecule has 0 amide bonds. The number of aromatic hydroxyl groups is 1. The number of phenolic OH excluding ortho intramolecular Hbond substituents is 1. The minimum absolute atomic E-state index is 0.285. The number of phenols is 1. The topological polar surface area (TPSA) is 29.5 Å². The van der Waals surface area contributed by atoms with Crippen LogP contribution in [0.5, 0.6) is 5.75 Å². The fourth-order valence-corrected chi connectivity index (χ4v) is 1.01. The van der Waals surface area contributed by atoms with Crippen molar-refractivity contribution in [1.82, 2.24) is 0 Å². The average molecular weight is 202 g/mol. The van der Waals surface area contributed by atoms with Gasteiger partial charge in [-0.2, -0.15) is 0 Å². The van der Waals surface area contributed by atoms with E-state index in [0.29, 0.717) is 0 Å². The van der Waals surface area contributed by atoms with Gasteiger partial charge in [0.05, 0.1) is 6.26 Å². The molecule has 1 aromatic rings. The summed E-state index contributed by atoms with van der Waals surface area (Å²) >= 11 is 0. The van der Waals surface area contributed by atoms with Crippen LogP contribution in [0.1, 0.15) is 5.56 Å². The molecule has 0 aliphatic carbocycles. The maximum Gasteiger partial charge on any atom is 0.122 e. The summed E-state index contributed by atoms with van der Waals surface area (Å²) in [6, 6.07) is 7.08. The molecule has 0 saturated heterocycles. The Labute approximate surface area is 89.8 Å². The van der Waals surface area contributed by atoms with E-state index in [9.17, 15) is 0 Å². The zero-order valence-corrected chi connectivity index (χ0v) is 8.47. The molecule has 1 heterocycles. The molecule has 0 aromatic heterocycles. The van der Waals surface area contributed by atoms with Crippen molar-refractivity contribution >= 4 is 6.08 Å². The Hall–Kier alpha value is -1.96. The van der Waals surface area contributed by atoms with E-state index in [1.165, 1.54) is 0 Å². The Bertz CT molecular complexity index is 353. The summed E-state index contributed by atoms with van der Waals surface area (Å²) in [5.41, 5.74) is 0.775. The highest BCUT2D eigenvalue weighted by Crippen LogP contribution is 2.15. The lowest BCUT2D eigenvalue weighted by atomic mass is 10.2. The number of allylic oxidation sites excluding steroid dienone is 2. The van der Waals surface area contributed by atoms with Gasteiger partial charge >= 0.3 is 0 Å². The third-order valence-corrected chi connectivity index (χ3v) is 1.77. The third kappa shape index (κ3) is 4.18. The first-order valence-electron chi connectivity index (χ1n) is 4.68. The van der Waals surface area contributed by atoms with Crippen molar-refractivity contribution in [3.8, 4) is 5.75 Å². The molecule has 78 valence electrons. The predicted octanol–water partition coefficient (Wildman–Crippen LogP) is 3.12. The standard InChI is InChI=1S/C8H8O.C5H6O/c1-2-7-5-3-4-6-8(7)9;1-2-4-6-5-3-1/h2-6,9H,1H2;1-4H,5H2. The first-order chi connectivity index (χ1) is 7.34. The zero-order chi connectivity index (χ0) is 10.9. The summed E-state index contributed by atoms with van der Waals surface area (Å²) in [5.74, 6) is 0.285.